The first-order valence-corrected chi connectivity index (χ1v) is 3.82. The lowest BCUT2D eigenvalue weighted by Gasteiger charge is -1.96. The Bertz CT molecular complexity index is 385. The minimum Gasteiger partial charge on any atom is -0.288 e. The molecule has 2 aromatic heterocycles. The van der Waals surface area contributed by atoms with Gasteiger partial charge in [0.2, 0.25) is 0 Å². The molecule has 2 aromatic rings. The zero-order valence-electron chi connectivity index (χ0n) is 6.77. The number of aromatic amines is 1. The maximum absolute atomic E-state index is 11.2. The Morgan fingerprint density at radius 3 is 3.08 bits per heavy atom. The first kappa shape index (κ1) is 7.72. The Hall–Kier alpha value is -1.91. The smallest absolute Gasteiger partial charge is 0.200 e. The average Bonchev–Trinajstić information content (AvgIpc) is 2.61. The molecule has 0 aromatic carbocycles. The van der Waals surface area contributed by atoms with Crippen LogP contribution in [0.4, 0.5) is 0 Å². The molecule has 2 heterocycles. The molecule has 65 valence electrons. The van der Waals surface area contributed by atoms with Crippen LogP contribution in [0.25, 0.3) is 0 Å². The molecule has 1 N–H and O–H groups in total. The highest BCUT2D eigenvalue weighted by Gasteiger charge is 2.05. The second-order valence-electron chi connectivity index (χ2n) is 2.61. The average molecular weight is 175 g/mol. The van der Waals surface area contributed by atoms with Gasteiger partial charge in [0.25, 0.3) is 0 Å². The fourth-order valence-corrected chi connectivity index (χ4v) is 1.04. The van der Waals surface area contributed by atoms with E-state index in [1.54, 1.807) is 18.5 Å². The molecule has 2 rings (SSSR count). The number of nitrogens with one attached hydrogen (secondary N) is 1. The van der Waals surface area contributed by atoms with Crippen molar-refractivity contribution in [1.82, 2.24) is 20.4 Å². The molecule has 1 radical (unpaired) electrons. The lowest BCUT2D eigenvalue weighted by Crippen LogP contribution is -1.91. The van der Waals surface area contributed by atoms with E-state index in [4.69, 9.17) is 0 Å². The number of aromatic nitrogens is 4. The van der Waals surface area contributed by atoms with Gasteiger partial charge < -0.3 is 0 Å². The summed E-state index contributed by atoms with van der Waals surface area (Å²) in [6.07, 6.45) is 3.63. The molecular formula is C8H7N4O. The summed E-state index contributed by atoms with van der Waals surface area (Å²) >= 11 is 0. The molecule has 0 fully saturated rings. The van der Waals surface area contributed by atoms with Gasteiger partial charge in [-0.2, -0.15) is 0 Å². The number of pyridine rings is 1. The predicted molar refractivity (Wildman–Crippen MR) is 43.6 cm³/mol. The van der Waals surface area contributed by atoms with Crippen LogP contribution >= 0.6 is 0 Å². The van der Waals surface area contributed by atoms with Crippen LogP contribution < -0.4 is 0 Å². The quantitative estimate of drug-likeness (QED) is 0.737. The van der Waals surface area contributed by atoms with Gasteiger partial charge in [0.05, 0.1) is 17.6 Å². The van der Waals surface area contributed by atoms with Gasteiger partial charge in [0.1, 0.15) is 0 Å². The zero-order chi connectivity index (χ0) is 9.10. The largest absolute Gasteiger partial charge is 0.288 e. The van der Waals surface area contributed by atoms with Crippen molar-refractivity contribution in [3.05, 3.63) is 35.9 Å². The third-order valence-corrected chi connectivity index (χ3v) is 1.67. The molecule has 0 spiro atoms. The second-order valence-corrected chi connectivity index (χ2v) is 2.61. The van der Waals surface area contributed by atoms with Crippen LogP contribution in [0.15, 0.2) is 24.5 Å². The Labute approximate surface area is 74.5 Å². The fraction of sp³-hybridized carbons (Fsp3) is 0.125. The van der Waals surface area contributed by atoms with E-state index in [0.29, 0.717) is 12.1 Å². The predicted octanol–water partition coefficient (Wildman–Crippen LogP) is 0.934. The molecule has 0 saturated carbocycles. The third kappa shape index (κ3) is 1.64. The highest BCUT2D eigenvalue weighted by Crippen LogP contribution is 2.15. The van der Waals surface area contributed by atoms with Crippen molar-refractivity contribution in [2.24, 2.45) is 0 Å². The first-order chi connectivity index (χ1) is 6.36. The van der Waals surface area contributed by atoms with Crippen molar-refractivity contribution in [3.8, 4) is 5.75 Å². The van der Waals surface area contributed by atoms with Crippen LogP contribution in [0.2, 0.25) is 0 Å². The van der Waals surface area contributed by atoms with Crippen molar-refractivity contribution in [2.45, 2.75) is 6.42 Å². The van der Waals surface area contributed by atoms with Crippen LogP contribution in [0, 0.1) is 0 Å². The minimum absolute atomic E-state index is 0.0582. The van der Waals surface area contributed by atoms with Crippen molar-refractivity contribution in [3.63, 3.8) is 0 Å². The van der Waals surface area contributed by atoms with Gasteiger partial charge in [-0.15, -0.1) is 5.10 Å². The van der Waals surface area contributed by atoms with E-state index >= 15 is 0 Å². The van der Waals surface area contributed by atoms with Crippen molar-refractivity contribution in [1.29, 1.82) is 0 Å². The molecular weight excluding hydrogens is 168 g/mol. The summed E-state index contributed by atoms with van der Waals surface area (Å²) in [5.74, 6) is -0.0582. The Kier molecular flexibility index (Phi) is 1.91. The lowest BCUT2D eigenvalue weighted by atomic mass is 10.2. The van der Waals surface area contributed by atoms with Crippen LogP contribution in [0.1, 0.15) is 11.4 Å². The Morgan fingerprint density at radius 1 is 1.46 bits per heavy atom. The van der Waals surface area contributed by atoms with E-state index in [0.717, 1.165) is 5.69 Å². The normalized spacial score (nSPS) is 10.2. The molecule has 0 aliphatic carbocycles. The van der Waals surface area contributed by atoms with Crippen LogP contribution in [-0.2, 0) is 11.5 Å². The lowest BCUT2D eigenvalue weighted by molar-refractivity contribution is 0.348. The minimum atomic E-state index is -0.0582. The standard InChI is InChI=1S/C8H7N4O/c13-8-2-1-3-9-7(8)4-6-5-10-12-11-6/h1-3,5H,4H2,(H,10,11,12). The molecule has 5 nitrogen and oxygen atoms in total. The monoisotopic (exact) mass is 175 g/mol. The van der Waals surface area contributed by atoms with Gasteiger partial charge >= 0.3 is 0 Å². The summed E-state index contributed by atoms with van der Waals surface area (Å²) in [4.78, 5) is 3.97. The summed E-state index contributed by atoms with van der Waals surface area (Å²) < 4.78 is 0. The number of nitrogens with zero attached hydrogens (tertiary/aromatic N) is 3. The van der Waals surface area contributed by atoms with Gasteiger partial charge in [-0.25, -0.2) is 0 Å². The Balaban J connectivity index is 2.24. The maximum Gasteiger partial charge on any atom is 0.200 e. The topological polar surface area (TPSA) is 74.4 Å². The third-order valence-electron chi connectivity index (χ3n) is 1.67. The molecule has 5 heteroatoms. The Morgan fingerprint density at radius 2 is 2.38 bits per heavy atom. The van der Waals surface area contributed by atoms with E-state index in [9.17, 15) is 5.11 Å². The summed E-state index contributed by atoms with van der Waals surface area (Å²) in [6.45, 7) is 0. The van der Waals surface area contributed by atoms with Crippen molar-refractivity contribution < 1.29 is 5.11 Å². The molecule has 0 atom stereocenters. The van der Waals surface area contributed by atoms with Gasteiger partial charge in [-0.1, -0.05) is 5.21 Å². The van der Waals surface area contributed by atoms with Gasteiger partial charge in [-0.05, 0) is 12.1 Å². The SMILES string of the molecule is [O]c1cccnc1Cc1cnn[nH]1. The molecule has 0 aliphatic rings. The molecule has 0 bridgehead atoms. The number of hydrogen-bond acceptors (Lipinski definition) is 3. The van der Waals surface area contributed by atoms with Crippen LogP contribution in [0.3, 0.4) is 0 Å². The molecule has 0 unspecified atom stereocenters. The molecule has 0 amide bonds. The number of rotatable bonds is 2. The molecule has 0 aliphatic heterocycles. The summed E-state index contributed by atoms with van der Waals surface area (Å²) in [6, 6.07) is 3.11. The van der Waals surface area contributed by atoms with Gasteiger partial charge in [-0.3, -0.25) is 15.2 Å². The van der Waals surface area contributed by atoms with E-state index in [2.05, 4.69) is 20.4 Å². The van der Waals surface area contributed by atoms with E-state index in [1.807, 2.05) is 0 Å². The number of hydrogen-bond donors (Lipinski definition) is 1. The second kappa shape index (κ2) is 3.22. The summed E-state index contributed by atoms with van der Waals surface area (Å²) in [5, 5.41) is 21.1. The van der Waals surface area contributed by atoms with E-state index < -0.39 is 0 Å². The number of H-pyrrole nitrogens is 1. The van der Waals surface area contributed by atoms with Crippen LogP contribution in [-0.4, -0.2) is 20.4 Å². The first-order valence-electron chi connectivity index (χ1n) is 3.82. The van der Waals surface area contributed by atoms with E-state index in [-0.39, 0.29) is 5.75 Å². The van der Waals surface area contributed by atoms with Crippen LogP contribution in [0.5, 0.6) is 5.75 Å². The molecule has 13 heavy (non-hydrogen) atoms. The van der Waals surface area contributed by atoms with E-state index in [1.165, 1.54) is 6.07 Å². The van der Waals surface area contributed by atoms with Crippen molar-refractivity contribution >= 4 is 0 Å². The highest BCUT2D eigenvalue weighted by atomic mass is 16.3. The highest BCUT2D eigenvalue weighted by molar-refractivity contribution is 5.27. The maximum atomic E-state index is 11.2. The summed E-state index contributed by atoms with van der Waals surface area (Å²) in [5.41, 5.74) is 1.30. The summed E-state index contributed by atoms with van der Waals surface area (Å²) in [7, 11) is 0. The molecule has 0 saturated heterocycles. The zero-order valence-corrected chi connectivity index (χ0v) is 6.77. The van der Waals surface area contributed by atoms with Gasteiger partial charge in [0, 0.05) is 12.6 Å². The fourth-order valence-electron chi connectivity index (χ4n) is 1.04. The van der Waals surface area contributed by atoms with Gasteiger partial charge in [0.15, 0.2) is 5.75 Å². The van der Waals surface area contributed by atoms with Crippen molar-refractivity contribution in [2.75, 3.05) is 0 Å².